The van der Waals surface area contributed by atoms with E-state index in [1.807, 2.05) is 44.2 Å². The van der Waals surface area contributed by atoms with Crippen LogP contribution in [0.15, 0.2) is 65.9 Å². The number of benzene rings is 2. The number of ether oxygens (including phenoxy) is 2. The molecule has 1 aliphatic rings. The minimum absolute atomic E-state index is 0.178. The van der Waals surface area contributed by atoms with Gasteiger partial charge in [0.2, 0.25) is 5.78 Å². The van der Waals surface area contributed by atoms with Crippen molar-refractivity contribution < 1.29 is 19.1 Å². The second kappa shape index (κ2) is 7.80. The Hall–Kier alpha value is -2.59. The Labute approximate surface area is 170 Å². The van der Waals surface area contributed by atoms with Gasteiger partial charge in [-0.1, -0.05) is 41.9 Å². The largest absolute Gasteiger partial charge is 0.486 e. The van der Waals surface area contributed by atoms with E-state index in [9.17, 15) is 9.59 Å². The predicted octanol–water partition coefficient (Wildman–Crippen LogP) is 5.53. The Bertz CT molecular complexity index is 913. The third-order valence-corrected chi connectivity index (χ3v) is 5.26. The van der Waals surface area contributed by atoms with Crippen molar-refractivity contribution in [1.29, 1.82) is 0 Å². The first-order chi connectivity index (χ1) is 13.2. The normalized spacial score (nSPS) is 19.8. The molecular weight excluding hydrogens is 376 g/mol. The van der Waals surface area contributed by atoms with Crippen LogP contribution in [-0.4, -0.2) is 17.9 Å². The monoisotopic (exact) mass is 398 g/mol. The van der Waals surface area contributed by atoms with Crippen molar-refractivity contribution in [3.63, 3.8) is 0 Å². The molecule has 0 amide bonds. The Morgan fingerprint density at radius 1 is 1.11 bits per heavy atom. The molecule has 5 heteroatoms. The van der Waals surface area contributed by atoms with Crippen molar-refractivity contribution in [3.8, 4) is 0 Å². The van der Waals surface area contributed by atoms with Gasteiger partial charge in [-0.3, -0.25) is 4.79 Å². The fraction of sp³-hybridized carbons (Fsp3) is 0.304. The number of cyclic esters (lactones) is 1. The van der Waals surface area contributed by atoms with Crippen LogP contribution in [0.25, 0.3) is 0 Å². The highest BCUT2D eigenvalue weighted by molar-refractivity contribution is 6.30. The Balaban J connectivity index is 1.90. The summed E-state index contributed by atoms with van der Waals surface area (Å²) in [7, 11) is 0. The van der Waals surface area contributed by atoms with Crippen molar-refractivity contribution in [2.45, 2.75) is 39.9 Å². The molecule has 0 saturated carbocycles. The second-order valence-corrected chi connectivity index (χ2v) is 7.94. The van der Waals surface area contributed by atoms with Crippen LogP contribution in [0.5, 0.6) is 0 Å². The number of hydrogen-bond acceptors (Lipinski definition) is 4. The van der Waals surface area contributed by atoms with Crippen LogP contribution in [0.3, 0.4) is 0 Å². The van der Waals surface area contributed by atoms with Gasteiger partial charge in [-0.25, -0.2) is 4.79 Å². The SMILES string of the molecule is CC1=C(O[C@H](C)C(=O)c2ccc(Cl)cc2)C(C)(C)[C@@H](c2ccccc2)OC1=O. The van der Waals surface area contributed by atoms with Crippen molar-refractivity contribution in [1.82, 2.24) is 0 Å². The molecule has 0 aliphatic carbocycles. The predicted molar refractivity (Wildman–Crippen MR) is 108 cm³/mol. The molecule has 1 heterocycles. The van der Waals surface area contributed by atoms with E-state index in [2.05, 4.69) is 0 Å². The third kappa shape index (κ3) is 3.83. The van der Waals surface area contributed by atoms with Crippen LogP contribution in [0.2, 0.25) is 5.02 Å². The highest BCUT2D eigenvalue weighted by atomic mass is 35.5. The maximum absolute atomic E-state index is 12.8. The molecule has 4 nitrogen and oxygen atoms in total. The van der Waals surface area contributed by atoms with Crippen molar-refractivity contribution in [2.24, 2.45) is 5.41 Å². The van der Waals surface area contributed by atoms with E-state index in [4.69, 9.17) is 21.1 Å². The van der Waals surface area contributed by atoms with E-state index in [0.717, 1.165) is 5.56 Å². The molecule has 0 fully saturated rings. The molecule has 146 valence electrons. The Morgan fingerprint density at radius 3 is 2.32 bits per heavy atom. The van der Waals surface area contributed by atoms with Gasteiger partial charge < -0.3 is 9.47 Å². The molecule has 0 aromatic heterocycles. The summed E-state index contributed by atoms with van der Waals surface area (Å²) >= 11 is 5.90. The highest BCUT2D eigenvalue weighted by Crippen LogP contribution is 2.48. The topological polar surface area (TPSA) is 52.6 Å². The van der Waals surface area contributed by atoms with Crippen LogP contribution in [0, 0.1) is 5.41 Å². The molecule has 0 bridgehead atoms. The smallest absolute Gasteiger partial charge is 0.337 e. The van der Waals surface area contributed by atoms with Gasteiger partial charge in [-0.05, 0) is 57.5 Å². The van der Waals surface area contributed by atoms with Gasteiger partial charge in [-0.2, -0.15) is 0 Å². The quantitative estimate of drug-likeness (QED) is 0.491. The fourth-order valence-electron chi connectivity index (χ4n) is 3.47. The molecule has 0 spiro atoms. The molecule has 1 aliphatic heterocycles. The standard InChI is InChI=1S/C23H23ClO4/c1-14-20(27-15(2)19(25)16-10-12-18(24)13-11-16)23(3,4)21(28-22(14)26)17-8-6-5-7-9-17/h5-13,15,21H,1-4H3/t15-,21-/m1/s1. The van der Waals surface area contributed by atoms with Gasteiger partial charge >= 0.3 is 5.97 Å². The first kappa shape index (κ1) is 20.2. The Morgan fingerprint density at radius 2 is 1.71 bits per heavy atom. The first-order valence-electron chi connectivity index (χ1n) is 9.15. The van der Waals surface area contributed by atoms with Crippen molar-refractivity contribution in [3.05, 3.63) is 82.1 Å². The first-order valence-corrected chi connectivity index (χ1v) is 9.53. The highest BCUT2D eigenvalue weighted by Gasteiger charge is 2.45. The van der Waals surface area contributed by atoms with Gasteiger partial charge in [0.25, 0.3) is 0 Å². The van der Waals surface area contributed by atoms with Crippen LogP contribution < -0.4 is 0 Å². The molecule has 0 unspecified atom stereocenters. The number of Topliss-reactive ketones (excluding diaryl/α,β-unsaturated/α-hetero) is 1. The molecular formula is C23H23ClO4. The molecule has 28 heavy (non-hydrogen) atoms. The zero-order valence-electron chi connectivity index (χ0n) is 16.4. The summed E-state index contributed by atoms with van der Waals surface area (Å²) in [5.74, 6) is -0.135. The van der Waals surface area contributed by atoms with E-state index in [1.165, 1.54) is 0 Å². The van der Waals surface area contributed by atoms with E-state index in [-0.39, 0.29) is 5.78 Å². The number of carbonyl (C=O) groups excluding carboxylic acids is 2. The van der Waals surface area contributed by atoms with Crippen molar-refractivity contribution >= 4 is 23.4 Å². The molecule has 0 N–H and O–H groups in total. The summed E-state index contributed by atoms with van der Waals surface area (Å²) in [6.45, 7) is 7.26. The average molecular weight is 399 g/mol. The summed E-state index contributed by atoms with van der Waals surface area (Å²) in [6.07, 6.45) is -1.26. The number of esters is 1. The summed E-state index contributed by atoms with van der Waals surface area (Å²) in [5.41, 5.74) is 1.14. The lowest BCUT2D eigenvalue weighted by molar-refractivity contribution is -0.156. The van der Waals surface area contributed by atoms with E-state index in [0.29, 0.717) is 21.9 Å². The van der Waals surface area contributed by atoms with Crippen LogP contribution in [0.1, 0.15) is 49.7 Å². The van der Waals surface area contributed by atoms with E-state index < -0.39 is 23.6 Å². The zero-order chi connectivity index (χ0) is 20.5. The van der Waals surface area contributed by atoms with E-state index in [1.54, 1.807) is 38.1 Å². The maximum atomic E-state index is 12.8. The minimum Gasteiger partial charge on any atom is -0.486 e. The number of carbonyl (C=O) groups is 2. The number of ketones is 1. The molecule has 0 saturated heterocycles. The zero-order valence-corrected chi connectivity index (χ0v) is 17.1. The minimum atomic E-state index is -0.757. The maximum Gasteiger partial charge on any atom is 0.337 e. The number of halogens is 1. The number of hydrogen-bond donors (Lipinski definition) is 0. The lowest BCUT2D eigenvalue weighted by Gasteiger charge is -2.40. The van der Waals surface area contributed by atoms with Crippen LogP contribution >= 0.6 is 11.6 Å². The van der Waals surface area contributed by atoms with Crippen molar-refractivity contribution in [2.75, 3.05) is 0 Å². The van der Waals surface area contributed by atoms with Gasteiger partial charge in [0.1, 0.15) is 11.9 Å². The molecule has 2 aromatic carbocycles. The van der Waals surface area contributed by atoms with Gasteiger partial charge in [0.15, 0.2) is 6.10 Å². The molecule has 0 radical (unpaired) electrons. The van der Waals surface area contributed by atoms with Gasteiger partial charge in [0, 0.05) is 10.6 Å². The Kier molecular flexibility index (Phi) is 5.61. The summed E-state index contributed by atoms with van der Waals surface area (Å²) in [6, 6.07) is 16.2. The van der Waals surface area contributed by atoms with E-state index >= 15 is 0 Å². The third-order valence-electron chi connectivity index (χ3n) is 5.01. The second-order valence-electron chi connectivity index (χ2n) is 7.50. The fourth-order valence-corrected chi connectivity index (χ4v) is 3.60. The summed E-state index contributed by atoms with van der Waals surface area (Å²) < 4.78 is 11.8. The summed E-state index contributed by atoms with van der Waals surface area (Å²) in [5, 5.41) is 0.561. The average Bonchev–Trinajstić information content (AvgIpc) is 2.68. The summed E-state index contributed by atoms with van der Waals surface area (Å²) in [4.78, 5) is 25.2. The molecule has 2 atom stereocenters. The van der Waals surface area contributed by atoms with Crippen LogP contribution in [0.4, 0.5) is 0 Å². The molecule has 3 rings (SSSR count). The molecule has 2 aromatic rings. The number of rotatable bonds is 5. The van der Waals surface area contributed by atoms with Crippen LogP contribution in [-0.2, 0) is 14.3 Å². The van der Waals surface area contributed by atoms with Gasteiger partial charge in [-0.15, -0.1) is 0 Å². The van der Waals surface area contributed by atoms with Gasteiger partial charge in [0.05, 0.1) is 11.0 Å². The lowest BCUT2D eigenvalue weighted by Crippen LogP contribution is -2.38. The lowest BCUT2D eigenvalue weighted by atomic mass is 9.77.